The van der Waals surface area contributed by atoms with Gasteiger partial charge in [-0.25, -0.2) is 8.42 Å². The molecule has 1 aromatic rings. The number of aryl methyl sites for hydroxylation is 1. The highest BCUT2D eigenvalue weighted by Gasteiger charge is 2.33. The van der Waals surface area contributed by atoms with E-state index < -0.39 is 9.84 Å². The van der Waals surface area contributed by atoms with Crippen molar-refractivity contribution in [2.24, 2.45) is 5.92 Å². The molecule has 106 valence electrons. The van der Waals surface area contributed by atoms with Gasteiger partial charge < -0.3 is 5.32 Å². The summed E-state index contributed by atoms with van der Waals surface area (Å²) < 4.78 is 24.7. The molecule has 0 radical (unpaired) electrons. The summed E-state index contributed by atoms with van der Waals surface area (Å²) in [4.78, 5) is 0. The lowest BCUT2D eigenvalue weighted by atomic mass is 10.1. The Morgan fingerprint density at radius 1 is 1.32 bits per heavy atom. The number of rotatable bonds is 7. The van der Waals surface area contributed by atoms with Crippen molar-refractivity contribution >= 4 is 9.84 Å². The van der Waals surface area contributed by atoms with Gasteiger partial charge in [-0.2, -0.15) is 0 Å². The summed E-state index contributed by atoms with van der Waals surface area (Å²) in [7, 11) is -3.05. The SMILES string of the molecule is CCNC(CS(=O)(=O)Cc1ccccc1C)C1CC1. The van der Waals surface area contributed by atoms with Crippen LogP contribution in [0.5, 0.6) is 0 Å². The van der Waals surface area contributed by atoms with Gasteiger partial charge >= 0.3 is 0 Å². The Hall–Kier alpha value is -0.870. The molecule has 1 atom stereocenters. The highest BCUT2D eigenvalue weighted by molar-refractivity contribution is 7.90. The minimum absolute atomic E-state index is 0.138. The maximum atomic E-state index is 12.3. The first-order valence-corrected chi connectivity index (χ1v) is 8.82. The zero-order chi connectivity index (χ0) is 13.9. The minimum atomic E-state index is -3.05. The van der Waals surface area contributed by atoms with E-state index in [0.29, 0.717) is 5.92 Å². The van der Waals surface area contributed by atoms with E-state index >= 15 is 0 Å². The first kappa shape index (κ1) is 14.5. The van der Waals surface area contributed by atoms with Crippen molar-refractivity contribution < 1.29 is 8.42 Å². The quantitative estimate of drug-likeness (QED) is 0.834. The summed E-state index contributed by atoms with van der Waals surface area (Å²) >= 11 is 0. The van der Waals surface area contributed by atoms with Gasteiger partial charge in [-0.05, 0) is 43.4 Å². The molecule has 1 aliphatic rings. The summed E-state index contributed by atoms with van der Waals surface area (Å²) in [6, 6.07) is 7.86. The summed E-state index contributed by atoms with van der Waals surface area (Å²) in [5, 5.41) is 3.32. The normalized spacial score (nSPS) is 17.4. The standard InChI is InChI=1S/C15H23NO2S/c1-3-16-15(13-8-9-13)11-19(17,18)10-14-7-5-4-6-12(14)2/h4-7,13,15-16H,3,8-11H2,1-2H3. The van der Waals surface area contributed by atoms with Crippen LogP contribution in [-0.2, 0) is 15.6 Å². The second kappa shape index (κ2) is 6.06. The summed E-state index contributed by atoms with van der Waals surface area (Å²) in [5.74, 6) is 0.986. The topological polar surface area (TPSA) is 46.2 Å². The second-order valence-corrected chi connectivity index (χ2v) is 7.59. The van der Waals surface area contributed by atoms with Gasteiger partial charge in [0, 0.05) is 6.04 Å². The lowest BCUT2D eigenvalue weighted by Crippen LogP contribution is -2.37. The molecule has 0 saturated heterocycles. The summed E-state index contributed by atoms with van der Waals surface area (Å²) in [6.07, 6.45) is 2.33. The molecule has 0 spiro atoms. The first-order valence-electron chi connectivity index (χ1n) is 7.00. The molecule has 1 aromatic carbocycles. The van der Waals surface area contributed by atoms with E-state index in [1.54, 1.807) is 0 Å². The van der Waals surface area contributed by atoms with Gasteiger partial charge in [0.2, 0.25) is 0 Å². The fourth-order valence-corrected chi connectivity index (χ4v) is 4.32. The van der Waals surface area contributed by atoms with E-state index in [4.69, 9.17) is 0 Å². The summed E-state index contributed by atoms with van der Waals surface area (Å²) in [6.45, 7) is 4.83. The Bertz CT molecular complexity index is 521. The molecule has 0 heterocycles. The Balaban J connectivity index is 2.03. The number of benzene rings is 1. The average molecular weight is 281 g/mol. The molecule has 3 nitrogen and oxygen atoms in total. The van der Waals surface area contributed by atoms with Crippen LogP contribution in [0.25, 0.3) is 0 Å². The smallest absolute Gasteiger partial charge is 0.155 e. The van der Waals surface area contributed by atoms with E-state index in [1.807, 2.05) is 38.1 Å². The van der Waals surface area contributed by atoms with Crippen LogP contribution in [-0.4, -0.2) is 26.8 Å². The highest BCUT2D eigenvalue weighted by Crippen LogP contribution is 2.33. The predicted molar refractivity (Wildman–Crippen MR) is 78.9 cm³/mol. The van der Waals surface area contributed by atoms with Crippen molar-refractivity contribution in [3.8, 4) is 0 Å². The maximum absolute atomic E-state index is 12.3. The molecule has 0 amide bonds. The van der Waals surface area contributed by atoms with Gasteiger partial charge in [0.1, 0.15) is 0 Å². The molecule has 4 heteroatoms. The lowest BCUT2D eigenvalue weighted by Gasteiger charge is -2.17. The van der Waals surface area contributed by atoms with Crippen LogP contribution >= 0.6 is 0 Å². The Morgan fingerprint density at radius 2 is 2.00 bits per heavy atom. The number of sulfone groups is 1. The maximum Gasteiger partial charge on any atom is 0.155 e. The van der Waals surface area contributed by atoms with Crippen molar-refractivity contribution in [3.05, 3.63) is 35.4 Å². The number of hydrogen-bond acceptors (Lipinski definition) is 3. The fraction of sp³-hybridized carbons (Fsp3) is 0.600. The molecule has 1 aliphatic carbocycles. The zero-order valence-electron chi connectivity index (χ0n) is 11.7. The minimum Gasteiger partial charge on any atom is -0.313 e. The van der Waals surface area contributed by atoms with Crippen molar-refractivity contribution in [3.63, 3.8) is 0 Å². The van der Waals surface area contributed by atoms with Crippen LogP contribution in [0, 0.1) is 12.8 Å². The van der Waals surface area contributed by atoms with Gasteiger partial charge in [0.15, 0.2) is 9.84 Å². The van der Waals surface area contributed by atoms with E-state index in [1.165, 1.54) is 0 Å². The summed E-state index contributed by atoms with van der Waals surface area (Å²) in [5.41, 5.74) is 1.98. The van der Waals surface area contributed by atoms with E-state index in [9.17, 15) is 8.42 Å². The molecule has 1 saturated carbocycles. The Morgan fingerprint density at radius 3 is 2.58 bits per heavy atom. The van der Waals surface area contributed by atoms with Gasteiger partial charge in [-0.3, -0.25) is 0 Å². The second-order valence-electron chi connectivity index (χ2n) is 5.48. The average Bonchev–Trinajstić information content (AvgIpc) is 3.15. The van der Waals surface area contributed by atoms with E-state index in [0.717, 1.165) is 30.5 Å². The monoisotopic (exact) mass is 281 g/mol. The molecular weight excluding hydrogens is 258 g/mol. The Labute approximate surface area is 116 Å². The van der Waals surface area contributed by atoms with Crippen molar-refractivity contribution in [1.29, 1.82) is 0 Å². The Kier molecular flexibility index (Phi) is 4.63. The van der Waals surface area contributed by atoms with Gasteiger partial charge in [-0.15, -0.1) is 0 Å². The number of hydrogen-bond donors (Lipinski definition) is 1. The van der Waals surface area contributed by atoms with Crippen LogP contribution in [0.1, 0.15) is 30.9 Å². The van der Waals surface area contributed by atoms with Crippen LogP contribution in [0.15, 0.2) is 24.3 Å². The third kappa shape index (κ3) is 4.32. The molecule has 0 aliphatic heterocycles. The molecule has 0 bridgehead atoms. The van der Waals surface area contributed by atoms with Crippen LogP contribution in [0.2, 0.25) is 0 Å². The number of nitrogens with one attached hydrogen (secondary N) is 1. The lowest BCUT2D eigenvalue weighted by molar-refractivity contribution is 0.502. The zero-order valence-corrected chi connectivity index (χ0v) is 12.5. The third-order valence-electron chi connectivity index (χ3n) is 3.73. The third-order valence-corrected chi connectivity index (χ3v) is 5.35. The highest BCUT2D eigenvalue weighted by atomic mass is 32.2. The van der Waals surface area contributed by atoms with E-state index in [-0.39, 0.29) is 17.5 Å². The predicted octanol–water partition coefficient (Wildman–Crippen LogP) is 2.30. The van der Waals surface area contributed by atoms with Crippen molar-refractivity contribution in [1.82, 2.24) is 5.32 Å². The fourth-order valence-electron chi connectivity index (χ4n) is 2.46. The molecule has 1 N–H and O–H groups in total. The molecule has 1 fully saturated rings. The van der Waals surface area contributed by atoms with Crippen LogP contribution in [0.4, 0.5) is 0 Å². The van der Waals surface area contributed by atoms with Crippen LogP contribution in [0.3, 0.4) is 0 Å². The van der Waals surface area contributed by atoms with E-state index in [2.05, 4.69) is 5.32 Å². The molecule has 2 rings (SSSR count). The van der Waals surface area contributed by atoms with Crippen molar-refractivity contribution in [2.75, 3.05) is 12.3 Å². The largest absolute Gasteiger partial charge is 0.313 e. The van der Waals surface area contributed by atoms with Gasteiger partial charge in [0.25, 0.3) is 0 Å². The van der Waals surface area contributed by atoms with Crippen molar-refractivity contribution in [2.45, 2.75) is 38.5 Å². The first-order chi connectivity index (χ1) is 9.02. The van der Waals surface area contributed by atoms with Gasteiger partial charge in [-0.1, -0.05) is 31.2 Å². The molecule has 0 aromatic heterocycles. The molecular formula is C15H23NO2S. The molecule has 19 heavy (non-hydrogen) atoms. The molecule has 1 unspecified atom stereocenters. The van der Waals surface area contributed by atoms with Crippen LogP contribution < -0.4 is 5.32 Å². The van der Waals surface area contributed by atoms with Gasteiger partial charge in [0.05, 0.1) is 11.5 Å².